The third-order valence-electron chi connectivity index (χ3n) is 7.11. The van der Waals surface area contributed by atoms with Gasteiger partial charge in [0.2, 0.25) is 0 Å². The zero-order valence-electron chi connectivity index (χ0n) is 19.4. The van der Waals surface area contributed by atoms with E-state index in [1.807, 2.05) is 27.7 Å². The summed E-state index contributed by atoms with van der Waals surface area (Å²) in [7, 11) is 0. The first-order valence-electron chi connectivity index (χ1n) is 12.2. The molecule has 4 atom stereocenters. The Labute approximate surface area is 179 Å². The summed E-state index contributed by atoms with van der Waals surface area (Å²) in [6.45, 7) is 7.83. The predicted octanol–water partition coefficient (Wildman–Crippen LogP) is 6.07. The average molecular weight is 407 g/mol. The fourth-order valence-corrected chi connectivity index (χ4v) is 5.82. The molecule has 0 saturated heterocycles. The molecule has 3 fully saturated rings. The molecule has 168 valence electrons. The molecule has 3 heteroatoms. The molecule has 3 N–H and O–H groups in total. The Morgan fingerprint density at radius 3 is 2.34 bits per heavy atom. The fourth-order valence-electron chi connectivity index (χ4n) is 5.82. The lowest BCUT2D eigenvalue weighted by Gasteiger charge is -2.35. The van der Waals surface area contributed by atoms with Crippen molar-refractivity contribution in [3.8, 4) is 0 Å². The molecule has 3 rings (SSSR count). The summed E-state index contributed by atoms with van der Waals surface area (Å²) in [5, 5.41) is 29.7. The highest BCUT2D eigenvalue weighted by Crippen LogP contribution is 2.53. The average Bonchev–Trinajstić information content (AvgIpc) is 3.02. The van der Waals surface area contributed by atoms with E-state index in [1.54, 1.807) is 5.57 Å². The SMILES string of the molecule is CC.CC(C)(O)CCC[C@@H]1CC[C@]2(CCC/C(=C\C=C3C[C@@H](O)C[C@H](O)C3)C2)C1. The highest BCUT2D eigenvalue weighted by atomic mass is 16.3. The molecule has 0 amide bonds. The van der Waals surface area contributed by atoms with E-state index in [4.69, 9.17) is 0 Å². The lowest BCUT2D eigenvalue weighted by Crippen LogP contribution is -2.24. The molecule has 3 aliphatic rings. The summed E-state index contributed by atoms with van der Waals surface area (Å²) in [6.07, 6.45) is 18.2. The number of hydrogen-bond acceptors (Lipinski definition) is 3. The molecule has 29 heavy (non-hydrogen) atoms. The lowest BCUT2D eigenvalue weighted by atomic mass is 9.70. The smallest absolute Gasteiger partial charge is 0.0602 e. The van der Waals surface area contributed by atoms with E-state index < -0.39 is 5.60 Å². The van der Waals surface area contributed by atoms with Crippen LogP contribution >= 0.6 is 0 Å². The van der Waals surface area contributed by atoms with Crippen molar-refractivity contribution in [3.05, 3.63) is 23.3 Å². The predicted molar refractivity (Wildman–Crippen MR) is 122 cm³/mol. The highest BCUT2D eigenvalue weighted by molar-refractivity contribution is 5.22. The molecule has 0 aromatic heterocycles. The van der Waals surface area contributed by atoms with Crippen LogP contribution in [-0.4, -0.2) is 33.1 Å². The number of allylic oxidation sites excluding steroid dienone is 3. The van der Waals surface area contributed by atoms with Gasteiger partial charge in [-0.25, -0.2) is 0 Å². The standard InChI is InChI=1S/C24H40O3.C2H6/c1-23(2,27)10-3-5-19-9-12-24(17-19)11-4-6-18(16-24)7-8-20-13-21(25)15-22(26)14-20;1-2/h7-8,19,21-22,25-27H,3-6,9-17H2,1-2H3;1-2H3/b18-7+;/t19-,21-,22-,24+;/m1./s1. The normalized spacial score (nSPS) is 34.2. The third-order valence-corrected chi connectivity index (χ3v) is 7.11. The van der Waals surface area contributed by atoms with Crippen LogP contribution in [0.25, 0.3) is 0 Å². The Kier molecular flexibility index (Phi) is 9.44. The highest BCUT2D eigenvalue weighted by Gasteiger charge is 2.40. The van der Waals surface area contributed by atoms with Gasteiger partial charge < -0.3 is 15.3 Å². The molecule has 0 aromatic carbocycles. The lowest BCUT2D eigenvalue weighted by molar-refractivity contribution is 0.0608. The van der Waals surface area contributed by atoms with Crippen LogP contribution in [-0.2, 0) is 0 Å². The zero-order chi connectivity index (χ0) is 21.5. The van der Waals surface area contributed by atoms with Gasteiger partial charge in [-0.3, -0.25) is 0 Å². The van der Waals surface area contributed by atoms with Crippen LogP contribution in [0, 0.1) is 11.3 Å². The summed E-state index contributed by atoms with van der Waals surface area (Å²) >= 11 is 0. The molecule has 0 heterocycles. The van der Waals surface area contributed by atoms with E-state index in [2.05, 4.69) is 12.2 Å². The van der Waals surface area contributed by atoms with Gasteiger partial charge in [-0.1, -0.05) is 50.0 Å². The van der Waals surface area contributed by atoms with Gasteiger partial charge in [0.1, 0.15) is 0 Å². The van der Waals surface area contributed by atoms with Crippen molar-refractivity contribution in [3.63, 3.8) is 0 Å². The molecule has 3 saturated carbocycles. The summed E-state index contributed by atoms with van der Waals surface area (Å²) in [4.78, 5) is 0. The van der Waals surface area contributed by atoms with E-state index in [-0.39, 0.29) is 12.2 Å². The van der Waals surface area contributed by atoms with E-state index in [9.17, 15) is 15.3 Å². The maximum absolute atomic E-state index is 9.92. The van der Waals surface area contributed by atoms with Crippen LogP contribution < -0.4 is 0 Å². The Balaban J connectivity index is 0.00000145. The van der Waals surface area contributed by atoms with Gasteiger partial charge in [-0.2, -0.15) is 0 Å². The summed E-state index contributed by atoms with van der Waals surface area (Å²) < 4.78 is 0. The Morgan fingerprint density at radius 1 is 1.03 bits per heavy atom. The Hall–Kier alpha value is -0.640. The molecule has 1 spiro atoms. The molecule has 0 unspecified atom stereocenters. The summed E-state index contributed by atoms with van der Waals surface area (Å²) in [6, 6.07) is 0. The van der Waals surface area contributed by atoms with Crippen molar-refractivity contribution in [2.24, 2.45) is 11.3 Å². The van der Waals surface area contributed by atoms with Gasteiger partial charge in [0.25, 0.3) is 0 Å². The maximum atomic E-state index is 9.92. The van der Waals surface area contributed by atoms with E-state index in [0.717, 1.165) is 31.6 Å². The van der Waals surface area contributed by atoms with Crippen LogP contribution in [0.2, 0.25) is 0 Å². The minimum absolute atomic E-state index is 0.379. The Morgan fingerprint density at radius 2 is 1.69 bits per heavy atom. The van der Waals surface area contributed by atoms with Gasteiger partial charge in [-0.05, 0) is 95.8 Å². The first-order chi connectivity index (χ1) is 13.7. The van der Waals surface area contributed by atoms with Gasteiger partial charge in [-0.15, -0.1) is 0 Å². The van der Waals surface area contributed by atoms with Crippen molar-refractivity contribution in [2.75, 3.05) is 0 Å². The zero-order valence-corrected chi connectivity index (χ0v) is 19.4. The third kappa shape index (κ3) is 8.19. The van der Waals surface area contributed by atoms with Crippen molar-refractivity contribution >= 4 is 0 Å². The number of aliphatic hydroxyl groups excluding tert-OH is 2. The van der Waals surface area contributed by atoms with Gasteiger partial charge >= 0.3 is 0 Å². The second-order valence-corrected chi connectivity index (χ2v) is 10.4. The molecule has 0 bridgehead atoms. The summed E-state index contributed by atoms with van der Waals surface area (Å²) in [5.74, 6) is 0.841. The van der Waals surface area contributed by atoms with Crippen LogP contribution in [0.1, 0.15) is 111 Å². The fraction of sp³-hybridized carbons (Fsp3) is 0.846. The molecule has 0 radical (unpaired) electrons. The van der Waals surface area contributed by atoms with Crippen LogP contribution in [0.4, 0.5) is 0 Å². The molecular weight excluding hydrogens is 360 g/mol. The van der Waals surface area contributed by atoms with Crippen molar-refractivity contribution in [1.82, 2.24) is 0 Å². The van der Waals surface area contributed by atoms with Gasteiger partial charge in [0.15, 0.2) is 0 Å². The van der Waals surface area contributed by atoms with Crippen molar-refractivity contribution < 1.29 is 15.3 Å². The van der Waals surface area contributed by atoms with E-state index in [0.29, 0.717) is 11.8 Å². The molecule has 3 nitrogen and oxygen atoms in total. The quantitative estimate of drug-likeness (QED) is 0.519. The first-order valence-corrected chi connectivity index (χ1v) is 12.2. The van der Waals surface area contributed by atoms with Crippen LogP contribution in [0.3, 0.4) is 0 Å². The number of rotatable bonds is 5. The largest absolute Gasteiger partial charge is 0.393 e. The van der Waals surface area contributed by atoms with Crippen LogP contribution in [0.5, 0.6) is 0 Å². The van der Waals surface area contributed by atoms with E-state index in [1.165, 1.54) is 56.9 Å². The minimum Gasteiger partial charge on any atom is -0.393 e. The second kappa shape index (κ2) is 11.1. The van der Waals surface area contributed by atoms with Gasteiger partial charge in [0, 0.05) is 0 Å². The first kappa shape index (κ1) is 24.6. The molecule has 0 aliphatic heterocycles. The monoisotopic (exact) mass is 406 g/mol. The van der Waals surface area contributed by atoms with Crippen molar-refractivity contribution in [2.45, 2.75) is 129 Å². The molecular formula is C26H46O3. The minimum atomic E-state index is -0.523. The van der Waals surface area contributed by atoms with Crippen molar-refractivity contribution in [1.29, 1.82) is 0 Å². The molecule has 3 aliphatic carbocycles. The number of aliphatic hydroxyl groups is 3. The second-order valence-electron chi connectivity index (χ2n) is 10.4. The van der Waals surface area contributed by atoms with E-state index >= 15 is 0 Å². The molecule has 0 aromatic rings. The summed E-state index contributed by atoms with van der Waals surface area (Å²) in [5.41, 5.74) is 2.77. The topological polar surface area (TPSA) is 60.7 Å². The maximum Gasteiger partial charge on any atom is 0.0602 e. The van der Waals surface area contributed by atoms with Crippen LogP contribution in [0.15, 0.2) is 23.3 Å². The Bertz CT molecular complexity index is 545. The number of hydrogen-bond donors (Lipinski definition) is 3. The van der Waals surface area contributed by atoms with Gasteiger partial charge in [0.05, 0.1) is 17.8 Å².